The van der Waals surface area contributed by atoms with Crippen LogP contribution in [0.15, 0.2) is 36.9 Å². The standard InChI is InChI=1S/C30H40F2O/c1-3-5-6-7-8-9-21-10-11-23-18-24(13-12-22(23)17-21)26-15-14-25-19-29(33-16-4-2)28(31)20-27(25)30(26)32/h4,14-15,19-24H,2-3,5-13,16-18H2,1H3. The van der Waals surface area contributed by atoms with E-state index < -0.39 is 5.82 Å². The minimum atomic E-state index is -0.517. The molecular weight excluding hydrogens is 414 g/mol. The second kappa shape index (κ2) is 11.5. The van der Waals surface area contributed by atoms with Gasteiger partial charge in [-0.15, -0.1) is 0 Å². The largest absolute Gasteiger partial charge is 0.486 e. The van der Waals surface area contributed by atoms with Crippen molar-refractivity contribution in [1.29, 1.82) is 0 Å². The molecule has 0 amide bonds. The molecule has 0 bridgehead atoms. The fraction of sp³-hybridized carbons (Fsp3) is 0.600. The van der Waals surface area contributed by atoms with Crippen molar-refractivity contribution in [3.8, 4) is 5.75 Å². The molecule has 2 saturated carbocycles. The highest BCUT2D eigenvalue weighted by Crippen LogP contribution is 2.49. The molecule has 3 heteroatoms. The van der Waals surface area contributed by atoms with E-state index in [0.29, 0.717) is 10.8 Å². The highest BCUT2D eigenvalue weighted by atomic mass is 19.1. The number of hydrogen-bond acceptors (Lipinski definition) is 1. The number of unbranched alkanes of at least 4 members (excludes halogenated alkanes) is 4. The maximum absolute atomic E-state index is 15.5. The van der Waals surface area contributed by atoms with Crippen LogP contribution in [0.1, 0.15) is 95.5 Å². The first-order chi connectivity index (χ1) is 16.1. The molecule has 4 atom stereocenters. The summed E-state index contributed by atoms with van der Waals surface area (Å²) >= 11 is 0. The SMILES string of the molecule is C=CCOc1cc2ccc(C3CCC4CC(CCCCCCC)CCC4C3)c(F)c2cc1F. The summed E-state index contributed by atoms with van der Waals surface area (Å²) in [5, 5.41) is 1.05. The Kier molecular flexibility index (Phi) is 8.44. The maximum atomic E-state index is 15.5. The smallest absolute Gasteiger partial charge is 0.165 e. The molecule has 2 aromatic carbocycles. The van der Waals surface area contributed by atoms with Crippen molar-refractivity contribution in [2.24, 2.45) is 17.8 Å². The monoisotopic (exact) mass is 454 g/mol. The molecule has 180 valence electrons. The summed E-state index contributed by atoms with van der Waals surface area (Å²) in [6.45, 7) is 6.10. The molecule has 4 rings (SSSR count). The van der Waals surface area contributed by atoms with Gasteiger partial charge in [0.15, 0.2) is 11.6 Å². The van der Waals surface area contributed by atoms with Crippen molar-refractivity contribution in [2.75, 3.05) is 6.61 Å². The van der Waals surface area contributed by atoms with Crippen LogP contribution in [0, 0.1) is 29.4 Å². The third kappa shape index (κ3) is 5.78. The average molecular weight is 455 g/mol. The van der Waals surface area contributed by atoms with E-state index in [4.69, 9.17) is 4.74 Å². The van der Waals surface area contributed by atoms with E-state index in [9.17, 15) is 4.39 Å². The van der Waals surface area contributed by atoms with Crippen LogP contribution in [-0.2, 0) is 0 Å². The van der Waals surface area contributed by atoms with Gasteiger partial charge >= 0.3 is 0 Å². The molecule has 0 heterocycles. The molecule has 33 heavy (non-hydrogen) atoms. The van der Waals surface area contributed by atoms with Crippen molar-refractivity contribution in [3.05, 3.63) is 54.1 Å². The molecule has 0 radical (unpaired) electrons. The first-order valence-corrected chi connectivity index (χ1v) is 13.3. The van der Waals surface area contributed by atoms with Crippen LogP contribution in [0.25, 0.3) is 10.8 Å². The Morgan fingerprint density at radius 2 is 1.76 bits per heavy atom. The Labute approximate surface area is 198 Å². The number of ether oxygens (including phenoxy) is 1. The normalized spacial score (nSPS) is 25.1. The number of halogens is 2. The molecule has 0 aliphatic heterocycles. The van der Waals surface area contributed by atoms with Crippen molar-refractivity contribution in [2.45, 2.75) is 89.9 Å². The predicted octanol–water partition coefficient (Wildman–Crippen LogP) is 9.34. The van der Waals surface area contributed by atoms with Gasteiger partial charge in [-0.05, 0) is 78.9 Å². The highest BCUT2D eigenvalue weighted by Gasteiger charge is 2.36. The van der Waals surface area contributed by atoms with Crippen LogP contribution in [0.5, 0.6) is 5.75 Å². The predicted molar refractivity (Wildman–Crippen MR) is 134 cm³/mol. The molecular formula is C30H40F2O. The summed E-state index contributed by atoms with van der Waals surface area (Å²) in [6, 6.07) is 6.75. The van der Waals surface area contributed by atoms with Crippen molar-refractivity contribution in [3.63, 3.8) is 0 Å². The van der Waals surface area contributed by atoms with Gasteiger partial charge in [0.2, 0.25) is 0 Å². The Balaban J connectivity index is 1.38. The van der Waals surface area contributed by atoms with Crippen LogP contribution in [0.4, 0.5) is 8.78 Å². The van der Waals surface area contributed by atoms with Gasteiger partial charge in [0.05, 0.1) is 0 Å². The van der Waals surface area contributed by atoms with Crippen LogP contribution >= 0.6 is 0 Å². The molecule has 1 nitrogen and oxygen atoms in total. The molecule has 2 aromatic rings. The summed E-state index contributed by atoms with van der Waals surface area (Å²) < 4.78 is 35.4. The second-order valence-electron chi connectivity index (χ2n) is 10.5. The number of fused-ring (bicyclic) bond motifs is 2. The number of benzene rings is 2. The lowest BCUT2D eigenvalue weighted by molar-refractivity contribution is 0.112. The van der Waals surface area contributed by atoms with E-state index in [1.54, 1.807) is 12.1 Å². The summed E-state index contributed by atoms with van der Waals surface area (Å²) in [4.78, 5) is 0. The van der Waals surface area contributed by atoms with Gasteiger partial charge in [0, 0.05) is 5.39 Å². The molecule has 2 aliphatic rings. The average Bonchev–Trinajstić information content (AvgIpc) is 2.83. The minimum absolute atomic E-state index is 0.150. The van der Waals surface area contributed by atoms with Gasteiger partial charge in [-0.3, -0.25) is 0 Å². The topological polar surface area (TPSA) is 9.23 Å². The fourth-order valence-electron chi connectivity index (χ4n) is 6.45. The van der Waals surface area contributed by atoms with Gasteiger partial charge in [0.25, 0.3) is 0 Å². The molecule has 0 spiro atoms. The zero-order valence-electron chi connectivity index (χ0n) is 20.3. The highest BCUT2D eigenvalue weighted by molar-refractivity contribution is 5.85. The first-order valence-electron chi connectivity index (χ1n) is 13.3. The molecule has 0 aromatic heterocycles. The van der Waals surface area contributed by atoms with E-state index >= 15 is 4.39 Å². The molecule has 0 saturated heterocycles. The van der Waals surface area contributed by atoms with Gasteiger partial charge in [0.1, 0.15) is 12.4 Å². The van der Waals surface area contributed by atoms with E-state index in [1.807, 2.05) is 12.1 Å². The summed E-state index contributed by atoms with van der Waals surface area (Å²) in [6.07, 6.45) is 17.2. The third-order valence-electron chi connectivity index (χ3n) is 8.27. The van der Waals surface area contributed by atoms with Gasteiger partial charge < -0.3 is 4.74 Å². The molecule has 0 N–H and O–H groups in total. The number of rotatable bonds is 10. The molecule has 2 fully saturated rings. The summed E-state index contributed by atoms with van der Waals surface area (Å²) in [5.74, 6) is 2.09. The fourth-order valence-corrected chi connectivity index (χ4v) is 6.45. The van der Waals surface area contributed by atoms with Crippen LogP contribution in [0.3, 0.4) is 0 Å². The third-order valence-corrected chi connectivity index (χ3v) is 8.27. The second-order valence-corrected chi connectivity index (χ2v) is 10.5. The van der Waals surface area contributed by atoms with Gasteiger partial charge in [-0.25, -0.2) is 8.78 Å². The quantitative estimate of drug-likeness (QED) is 0.257. The first kappa shape index (κ1) is 24.2. The van der Waals surface area contributed by atoms with Crippen LogP contribution < -0.4 is 4.74 Å². The van der Waals surface area contributed by atoms with E-state index in [2.05, 4.69) is 13.5 Å². The van der Waals surface area contributed by atoms with E-state index in [0.717, 1.165) is 36.2 Å². The van der Waals surface area contributed by atoms with Crippen LogP contribution in [-0.4, -0.2) is 6.61 Å². The molecule has 2 aliphatic carbocycles. The zero-order valence-corrected chi connectivity index (χ0v) is 20.3. The van der Waals surface area contributed by atoms with E-state index in [1.165, 1.54) is 70.3 Å². The lowest BCUT2D eigenvalue weighted by Crippen LogP contribution is -2.30. The van der Waals surface area contributed by atoms with Crippen molar-refractivity contribution in [1.82, 2.24) is 0 Å². The van der Waals surface area contributed by atoms with Gasteiger partial charge in [-0.2, -0.15) is 0 Å². The Morgan fingerprint density at radius 1 is 0.970 bits per heavy atom. The summed E-state index contributed by atoms with van der Waals surface area (Å²) in [5.41, 5.74) is 0.776. The Hall–Kier alpha value is -1.90. The lowest BCUT2D eigenvalue weighted by Gasteiger charge is -2.42. The maximum Gasteiger partial charge on any atom is 0.165 e. The summed E-state index contributed by atoms with van der Waals surface area (Å²) in [7, 11) is 0. The minimum Gasteiger partial charge on any atom is -0.486 e. The lowest BCUT2D eigenvalue weighted by atomic mass is 9.63. The molecule has 4 unspecified atom stereocenters. The van der Waals surface area contributed by atoms with E-state index in [-0.39, 0.29) is 24.1 Å². The van der Waals surface area contributed by atoms with Crippen molar-refractivity contribution < 1.29 is 13.5 Å². The van der Waals surface area contributed by atoms with Gasteiger partial charge in [-0.1, -0.05) is 76.7 Å². The van der Waals surface area contributed by atoms with Crippen molar-refractivity contribution >= 4 is 10.8 Å². The number of hydrogen-bond donors (Lipinski definition) is 0. The van der Waals surface area contributed by atoms with Crippen LogP contribution in [0.2, 0.25) is 0 Å². The Morgan fingerprint density at radius 3 is 2.58 bits per heavy atom. The zero-order chi connectivity index (χ0) is 23.2. The Bertz CT molecular complexity index is 937.